The lowest BCUT2D eigenvalue weighted by molar-refractivity contribution is 0.349. The first-order valence-corrected chi connectivity index (χ1v) is 4.46. The molecule has 0 aromatic heterocycles. The molecule has 0 aliphatic rings. The summed E-state index contributed by atoms with van der Waals surface area (Å²) < 4.78 is 5.30. The quantitative estimate of drug-likeness (QED) is 0.288. The van der Waals surface area contributed by atoms with Gasteiger partial charge in [0.25, 0.3) is 0 Å². The second kappa shape index (κ2) is 7.58. The molecule has 0 aliphatic heterocycles. The van der Waals surface area contributed by atoms with Crippen molar-refractivity contribution >= 4 is 35.2 Å². The first kappa shape index (κ1) is 11.9. The maximum Gasteiger partial charge on any atom is 0.138 e. The highest BCUT2D eigenvalue weighted by atomic mass is 32.1. The largest absolute Gasteiger partial charge is 0.456 e. The summed E-state index contributed by atoms with van der Waals surface area (Å²) in [5.41, 5.74) is 0. The summed E-state index contributed by atoms with van der Waals surface area (Å²) in [6.45, 7) is 7.11. The predicted molar refractivity (Wildman–Crippen MR) is 65.0 cm³/mol. The number of rotatable bonds is 6. The Labute approximate surface area is 89.1 Å². The van der Waals surface area contributed by atoms with Crippen molar-refractivity contribution in [3.05, 3.63) is 49.0 Å². The van der Waals surface area contributed by atoms with Crippen LogP contribution in [-0.4, -0.2) is 10.7 Å². The fraction of sp³-hybridized carbons (Fsp3) is 0. The van der Waals surface area contributed by atoms with E-state index in [0.29, 0.717) is 11.5 Å². The standard InChI is InChI=1S/C10H10OS2/c1-3-5-9(4-2)11-10(8-13)6-7-12/h3-8H,1-2H2/b9-5+,10-6+. The molecule has 0 saturated heterocycles. The molecule has 0 fully saturated rings. The van der Waals surface area contributed by atoms with E-state index in [1.54, 1.807) is 24.3 Å². The van der Waals surface area contributed by atoms with E-state index < -0.39 is 0 Å². The van der Waals surface area contributed by atoms with Gasteiger partial charge in [-0.3, -0.25) is 0 Å². The number of hydrogen-bond acceptors (Lipinski definition) is 3. The fourth-order valence-corrected chi connectivity index (χ4v) is 0.821. The average molecular weight is 210 g/mol. The van der Waals surface area contributed by atoms with Gasteiger partial charge in [-0.15, -0.1) is 0 Å². The molecule has 0 radical (unpaired) electrons. The lowest BCUT2D eigenvalue weighted by atomic mass is 10.4. The van der Waals surface area contributed by atoms with E-state index in [1.165, 1.54) is 10.7 Å². The van der Waals surface area contributed by atoms with Crippen LogP contribution in [0.5, 0.6) is 0 Å². The number of ether oxygens (including phenoxy) is 1. The van der Waals surface area contributed by atoms with Gasteiger partial charge in [0.2, 0.25) is 0 Å². The summed E-state index contributed by atoms with van der Waals surface area (Å²) in [6.07, 6.45) is 6.46. The normalized spacial score (nSPS) is 11.7. The SMILES string of the molecule is C=C/C=C(\C=C)O/C(C=S)=C/C=S. The van der Waals surface area contributed by atoms with Crippen molar-refractivity contribution in [3.63, 3.8) is 0 Å². The summed E-state index contributed by atoms with van der Waals surface area (Å²) in [5, 5.41) is 2.84. The Balaban J connectivity index is 4.54. The molecule has 1 nitrogen and oxygen atoms in total. The van der Waals surface area contributed by atoms with Crippen LogP contribution in [0.15, 0.2) is 49.0 Å². The molecule has 3 heteroatoms. The molecule has 0 bridgehead atoms. The van der Waals surface area contributed by atoms with Gasteiger partial charge in [-0.2, -0.15) is 0 Å². The molecule has 0 aromatic rings. The van der Waals surface area contributed by atoms with Crippen molar-refractivity contribution in [3.8, 4) is 0 Å². The van der Waals surface area contributed by atoms with Crippen LogP contribution in [-0.2, 0) is 4.74 Å². The molecular weight excluding hydrogens is 200 g/mol. The van der Waals surface area contributed by atoms with Gasteiger partial charge in [-0.05, 0) is 18.2 Å². The summed E-state index contributed by atoms with van der Waals surface area (Å²) in [4.78, 5) is 0. The Hall–Kier alpha value is -1.06. The first-order valence-electron chi connectivity index (χ1n) is 3.52. The van der Waals surface area contributed by atoms with Gasteiger partial charge in [0, 0.05) is 10.7 Å². The maximum absolute atomic E-state index is 5.30. The molecule has 0 aromatic carbocycles. The highest BCUT2D eigenvalue weighted by Gasteiger charge is 1.94. The van der Waals surface area contributed by atoms with E-state index in [2.05, 4.69) is 25.4 Å². The molecule has 13 heavy (non-hydrogen) atoms. The summed E-state index contributed by atoms with van der Waals surface area (Å²) in [6, 6.07) is 0. The Morgan fingerprint density at radius 3 is 2.15 bits per heavy atom. The Bertz CT molecular complexity index is 247. The van der Waals surface area contributed by atoms with E-state index in [-0.39, 0.29) is 0 Å². The lowest BCUT2D eigenvalue weighted by Crippen LogP contribution is -1.91. The van der Waals surface area contributed by atoms with Gasteiger partial charge in [-0.25, -0.2) is 0 Å². The fourth-order valence-electron chi connectivity index (χ4n) is 0.560. The third-order valence-electron chi connectivity index (χ3n) is 1.07. The second-order valence-corrected chi connectivity index (χ2v) is 2.44. The van der Waals surface area contributed by atoms with Crippen LogP contribution in [0.1, 0.15) is 0 Å². The highest BCUT2D eigenvalue weighted by Crippen LogP contribution is 2.05. The van der Waals surface area contributed by atoms with E-state index in [1.807, 2.05) is 0 Å². The third-order valence-corrected chi connectivity index (χ3v) is 1.44. The van der Waals surface area contributed by atoms with Crippen LogP contribution in [0.4, 0.5) is 0 Å². The average Bonchev–Trinajstić information content (AvgIpc) is 2.16. The predicted octanol–water partition coefficient (Wildman–Crippen LogP) is 3.14. The minimum Gasteiger partial charge on any atom is -0.456 e. The van der Waals surface area contributed by atoms with Crippen LogP contribution < -0.4 is 0 Å². The molecule has 0 unspecified atom stereocenters. The lowest BCUT2D eigenvalue weighted by Gasteiger charge is -2.04. The Morgan fingerprint density at radius 1 is 1.08 bits per heavy atom. The number of hydrogen-bond donors (Lipinski definition) is 0. The molecule has 0 heterocycles. The zero-order valence-corrected chi connectivity index (χ0v) is 8.74. The van der Waals surface area contributed by atoms with E-state index >= 15 is 0 Å². The minimum atomic E-state index is 0.512. The van der Waals surface area contributed by atoms with Crippen molar-refractivity contribution in [2.45, 2.75) is 0 Å². The summed E-state index contributed by atoms with van der Waals surface area (Å²) in [5.74, 6) is 1.09. The monoisotopic (exact) mass is 210 g/mol. The van der Waals surface area contributed by atoms with Gasteiger partial charge in [0.05, 0.1) is 0 Å². The van der Waals surface area contributed by atoms with Gasteiger partial charge < -0.3 is 4.74 Å². The number of thiocarbonyl (C=S) groups is 2. The zero-order chi connectivity index (χ0) is 10.1. The highest BCUT2D eigenvalue weighted by molar-refractivity contribution is 7.79. The van der Waals surface area contributed by atoms with E-state index in [0.717, 1.165) is 0 Å². The molecule has 0 saturated carbocycles. The zero-order valence-electron chi connectivity index (χ0n) is 7.10. The molecule has 0 atom stereocenters. The smallest absolute Gasteiger partial charge is 0.138 e. The summed E-state index contributed by atoms with van der Waals surface area (Å²) >= 11 is 9.35. The molecule has 0 N–H and O–H groups in total. The van der Waals surface area contributed by atoms with Gasteiger partial charge in [0.15, 0.2) is 0 Å². The molecule has 0 amide bonds. The topological polar surface area (TPSA) is 9.23 Å². The molecule has 68 valence electrons. The Kier molecular flexibility index (Phi) is 6.96. The van der Waals surface area contributed by atoms with Crippen molar-refractivity contribution in [2.75, 3.05) is 0 Å². The van der Waals surface area contributed by atoms with Crippen molar-refractivity contribution in [1.82, 2.24) is 0 Å². The molecule has 0 spiro atoms. The van der Waals surface area contributed by atoms with Crippen LogP contribution >= 0.6 is 24.4 Å². The van der Waals surface area contributed by atoms with Crippen molar-refractivity contribution in [2.24, 2.45) is 0 Å². The van der Waals surface area contributed by atoms with Crippen molar-refractivity contribution < 1.29 is 4.74 Å². The maximum atomic E-state index is 5.30. The van der Waals surface area contributed by atoms with Crippen LogP contribution in [0.25, 0.3) is 0 Å². The Morgan fingerprint density at radius 2 is 1.77 bits per heavy atom. The van der Waals surface area contributed by atoms with E-state index in [4.69, 9.17) is 17.0 Å². The number of allylic oxidation sites excluding steroid dienone is 5. The van der Waals surface area contributed by atoms with Crippen LogP contribution in [0.3, 0.4) is 0 Å². The molecule has 0 rings (SSSR count). The third kappa shape index (κ3) is 5.22. The van der Waals surface area contributed by atoms with Gasteiger partial charge >= 0.3 is 0 Å². The summed E-state index contributed by atoms with van der Waals surface area (Å²) in [7, 11) is 0. The van der Waals surface area contributed by atoms with Crippen LogP contribution in [0, 0.1) is 0 Å². The van der Waals surface area contributed by atoms with E-state index in [9.17, 15) is 0 Å². The second-order valence-electron chi connectivity index (χ2n) is 1.93. The van der Waals surface area contributed by atoms with Crippen LogP contribution in [0.2, 0.25) is 0 Å². The molecule has 0 aliphatic carbocycles. The van der Waals surface area contributed by atoms with Gasteiger partial charge in [-0.1, -0.05) is 43.7 Å². The minimum absolute atomic E-state index is 0.512. The van der Waals surface area contributed by atoms with Gasteiger partial charge in [0.1, 0.15) is 11.5 Å². The molecular formula is C10H10OS2. The first-order chi connectivity index (χ1) is 6.28. The van der Waals surface area contributed by atoms with Crippen molar-refractivity contribution in [1.29, 1.82) is 0 Å².